The van der Waals surface area contributed by atoms with Gasteiger partial charge in [0.1, 0.15) is 0 Å². The average Bonchev–Trinajstić information content (AvgIpc) is 2.65. The third-order valence-corrected chi connectivity index (χ3v) is 2.37. The lowest BCUT2D eigenvalue weighted by Gasteiger charge is -2.05. The number of ether oxygens (including phenoxy) is 2. The molecule has 28 heavy (non-hydrogen) atoms. The Hall–Kier alpha value is -3.96. The molecule has 0 rings (SSSR count). The molecule has 0 heterocycles. The van der Waals surface area contributed by atoms with Gasteiger partial charge in [0.2, 0.25) is 0 Å². The zero-order chi connectivity index (χ0) is 21.4. The topological polar surface area (TPSA) is 169 Å². The highest BCUT2D eigenvalue weighted by atomic mass is 16.5. The average molecular weight is 396 g/mol. The molecule has 0 aliphatic heterocycles. The largest absolute Gasteiger partial charge is 0.452 e. The van der Waals surface area contributed by atoms with Crippen LogP contribution in [0.4, 0.5) is 9.59 Å². The van der Waals surface area contributed by atoms with Crippen molar-refractivity contribution in [1.29, 1.82) is 0 Å². The Labute approximate surface area is 160 Å². The van der Waals surface area contributed by atoms with E-state index >= 15 is 0 Å². The summed E-state index contributed by atoms with van der Waals surface area (Å²) in [6.07, 6.45) is 4.11. The summed E-state index contributed by atoms with van der Waals surface area (Å²) in [4.78, 5) is 67.6. The van der Waals surface area contributed by atoms with Gasteiger partial charge in [-0.05, 0) is 0 Å². The van der Waals surface area contributed by atoms with Crippen molar-refractivity contribution < 1.29 is 38.2 Å². The molecule has 4 N–H and O–H groups in total. The maximum atomic E-state index is 11.3. The quantitative estimate of drug-likeness (QED) is 0.200. The molecule has 0 bridgehead atoms. The molecular weight excluding hydrogens is 376 g/mol. The van der Waals surface area contributed by atoms with Gasteiger partial charge in [0.05, 0.1) is 0 Å². The Morgan fingerprint density at radius 2 is 1.04 bits per heavy atom. The first kappa shape index (κ1) is 24.0. The smallest absolute Gasteiger partial charge is 0.331 e. The van der Waals surface area contributed by atoms with Crippen LogP contribution in [-0.4, -0.2) is 62.1 Å². The zero-order valence-electron chi connectivity index (χ0n) is 14.8. The van der Waals surface area contributed by atoms with E-state index in [-0.39, 0.29) is 13.1 Å². The van der Waals surface area contributed by atoms with Gasteiger partial charge in [-0.25, -0.2) is 19.2 Å². The Balaban J connectivity index is 4.08. The number of hydrogen-bond donors (Lipinski definition) is 4. The highest BCUT2D eigenvalue weighted by Crippen LogP contribution is 1.87. The van der Waals surface area contributed by atoms with Crippen LogP contribution in [0.3, 0.4) is 0 Å². The molecular formula is C16H20N4O8. The molecule has 152 valence electrons. The molecule has 0 saturated carbocycles. The number of imide groups is 2. The number of carbonyl (C=O) groups is 6. The van der Waals surface area contributed by atoms with E-state index in [1.54, 1.807) is 0 Å². The summed E-state index contributed by atoms with van der Waals surface area (Å²) in [6, 6.07) is -1.59. The summed E-state index contributed by atoms with van der Waals surface area (Å²) in [7, 11) is 0. The first-order chi connectivity index (χ1) is 13.3. The minimum Gasteiger partial charge on any atom is -0.452 e. The summed E-state index contributed by atoms with van der Waals surface area (Å²) in [6.45, 7) is 5.49. The van der Waals surface area contributed by atoms with Crippen molar-refractivity contribution >= 4 is 35.8 Å². The minimum atomic E-state index is -1.06. The second-order valence-electron chi connectivity index (χ2n) is 4.64. The third kappa shape index (κ3) is 13.3. The molecule has 0 radical (unpaired) electrons. The van der Waals surface area contributed by atoms with Crippen LogP contribution in [0, 0.1) is 0 Å². The fourth-order valence-corrected chi connectivity index (χ4v) is 1.25. The van der Waals surface area contributed by atoms with Crippen LogP contribution < -0.4 is 21.3 Å². The SMILES string of the molecule is C=CCNC(=O)NC(=O)COC(=O)/C=C/C(=O)OCC(=O)NC(=O)NCC=C. The van der Waals surface area contributed by atoms with Gasteiger partial charge in [-0.3, -0.25) is 20.2 Å². The van der Waals surface area contributed by atoms with Crippen molar-refractivity contribution in [1.82, 2.24) is 21.3 Å². The lowest BCUT2D eigenvalue weighted by molar-refractivity contribution is -0.145. The lowest BCUT2D eigenvalue weighted by atomic mass is 10.5. The standard InChI is InChI=1S/C16H20N4O8/c1-3-7-17-15(25)19-11(21)9-27-13(23)5-6-14(24)28-10-12(22)20-16(26)18-8-4-2/h3-6H,1-2,7-10H2,(H2,17,19,21,25)(H2,18,20,22,26)/b6-5+. The molecule has 0 saturated heterocycles. The molecule has 0 atom stereocenters. The molecule has 12 heteroatoms. The van der Waals surface area contributed by atoms with E-state index in [2.05, 4.69) is 33.3 Å². The van der Waals surface area contributed by atoms with Crippen LogP contribution in [0.1, 0.15) is 0 Å². The summed E-state index contributed by atoms with van der Waals surface area (Å²) >= 11 is 0. The summed E-state index contributed by atoms with van der Waals surface area (Å²) < 4.78 is 8.98. The fraction of sp³-hybridized carbons (Fsp3) is 0.250. The van der Waals surface area contributed by atoms with Crippen molar-refractivity contribution in [2.75, 3.05) is 26.3 Å². The maximum absolute atomic E-state index is 11.3. The highest BCUT2D eigenvalue weighted by molar-refractivity contribution is 5.98. The van der Waals surface area contributed by atoms with Crippen molar-refractivity contribution in [3.8, 4) is 0 Å². The molecule has 0 aromatic rings. The third-order valence-electron chi connectivity index (χ3n) is 2.37. The van der Waals surface area contributed by atoms with E-state index in [0.29, 0.717) is 12.2 Å². The van der Waals surface area contributed by atoms with Gasteiger partial charge in [-0.15, -0.1) is 13.2 Å². The van der Waals surface area contributed by atoms with Gasteiger partial charge >= 0.3 is 24.0 Å². The van der Waals surface area contributed by atoms with Crippen LogP contribution in [0.5, 0.6) is 0 Å². The second kappa shape index (κ2) is 14.2. The number of carbonyl (C=O) groups excluding carboxylic acids is 6. The van der Waals surface area contributed by atoms with E-state index in [1.165, 1.54) is 12.2 Å². The van der Waals surface area contributed by atoms with Crippen molar-refractivity contribution in [2.45, 2.75) is 0 Å². The predicted molar refractivity (Wildman–Crippen MR) is 94.5 cm³/mol. The van der Waals surface area contributed by atoms with Gasteiger partial charge in [-0.2, -0.15) is 0 Å². The Kier molecular flexibility index (Phi) is 12.2. The van der Waals surface area contributed by atoms with Gasteiger partial charge in [0, 0.05) is 25.2 Å². The fourth-order valence-electron chi connectivity index (χ4n) is 1.25. The van der Waals surface area contributed by atoms with E-state index < -0.39 is 49.0 Å². The molecule has 0 spiro atoms. The number of urea groups is 2. The lowest BCUT2D eigenvalue weighted by Crippen LogP contribution is -2.41. The van der Waals surface area contributed by atoms with Gasteiger partial charge < -0.3 is 20.1 Å². The molecule has 6 amide bonds. The molecule has 0 aliphatic carbocycles. The minimum absolute atomic E-state index is 0.140. The first-order valence-electron chi connectivity index (χ1n) is 7.67. The number of hydrogen-bond acceptors (Lipinski definition) is 8. The van der Waals surface area contributed by atoms with Crippen molar-refractivity contribution in [3.05, 3.63) is 37.5 Å². The normalized spacial score (nSPS) is 9.57. The van der Waals surface area contributed by atoms with E-state index in [1.807, 2.05) is 10.6 Å². The molecule has 0 aliphatic rings. The number of nitrogens with one attached hydrogen (secondary N) is 4. The second-order valence-corrected chi connectivity index (χ2v) is 4.64. The van der Waals surface area contributed by atoms with Gasteiger partial charge in [0.25, 0.3) is 11.8 Å². The number of rotatable bonds is 10. The van der Waals surface area contributed by atoms with Crippen LogP contribution in [0.25, 0.3) is 0 Å². The van der Waals surface area contributed by atoms with Crippen molar-refractivity contribution in [2.24, 2.45) is 0 Å². The Morgan fingerprint density at radius 1 is 0.679 bits per heavy atom. The molecule has 12 nitrogen and oxygen atoms in total. The van der Waals surface area contributed by atoms with E-state index in [4.69, 9.17) is 0 Å². The molecule has 0 fully saturated rings. The van der Waals surface area contributed by atoms with Crippen LogP contribution in [-0.2, 0) is 28.7 Å². The van der Waals surface area contributed by atoms with Crippen LogP contribution >= 0.6 is 0 Å². The summed E-state index contributed by atoms with van der Waals surface area (Å²) in [5, 5.41) is 8.31. The van der Waals surface area contributed by atoms with Crippen molar-refractivity contribution in [3.63, 3.8) is 0 Å². The monoisotopic (exact) mass is 396 g/mol. The van der Waals surface area contributed by atoms with Gasteiger partial charge in [-0.1, -0.05) is 12.2 Å². The Morgan fingerprint density at radius 3 is 1.36 bits per heavy atom. The van der Waals surface area contributed by atoms with Crippen LogP contribution in [0.15, 0.2) is 37.5 Å². The maximum Gasteiger partial charge on any atom is 0.331 e. The summed E-state index contributed by atoms with van der Waals surface area (Å²) in [5.41, 5.74) is 0. The first-order valence-corrected chi connectivity index (χ1v) is 7.67. The van der Waals surface area contributed by atoms with Gasteiger partial charge in [0.15, 0.2) is 13.2 Å². The van der Waals surface area contributed by atoms with E-state index in [0.717, 1.165) is 0 Å². The Bertz CT molecular complexity index is 616. The van der Waals surface area contributed by atoms with E-state index in [9.17, 15) is 28.8 Å². The number of esters is 2. The highest BCUT2D eigenvalue weighted by Gasteiger charge is 2.11. The molecule has 0 aromatic heterocycles. The molecule has 0 aromatic carbocycles. The summed E-state index contributed by atoms with van der Waals surface area (Å²) in [5.74, 6) is -3.91. The predicted octanol–water partition coefficient (Wildman–Crippen LogP) is -1.35. The number of amides is 6. The molecule has 0 unspecified atom stereocenters. The van der Waals surface area contributed by atoms with Crippen LogP contribution in [0.2, 0.25) is 0 Å². The zero-order valence-corrected chi connectivity index (χ0v) is 14.8.